The second-order valence-electron chi connectivity index (χ2n) is 6.08. The topological polar surface area (TPSA) is 66.0 Å². The number of hydrogen-bond donors (Lipinski definition) is 0. The largest absolute Gasteiger partial charge is 0.417 e. The third-order valence-corrected chi connectivity index (χ3v) is 4.38. The van der Waals surface area contributed by atoms with E-state index >= 15 is 0 Å². The van der Waals surface area contributed by atoms with E-state index < -0.39 is 63.3 Å². The average Bonchev–Trinajstić information content (AvgIpc) is 2.61. The molecule has 0 saturated carbocycles. The van der Waals surface area contributed by atoms with Crippen LogP contribution in [-0.2, 0) is 26.8 Å². The molecule has 0 radical (unpaired) electrons. The Hall–Kier alpha value is -3.24. The van der Waals surface area contributed by atoms with Crippen molar-refractivity contribution in [3.63, 3.8) is 0 Å². The van der Waals surface area contributed by atoms with Crippen molar-refractivity contribution in [2.45, 2.75) is 12.7 Å². The number of halogens is 5. The van der Waals surface area contributed by atoms with Gasteiger partial charge in [0.1, 0.15) is 17.3 Å². The van der Waals surface area contributed by atoms with Gasteiger partial charge in [-0.05, 0) is 12.1 Å². The highest BCUT2D eigenvalue weighted by Gasteiger charge is 2.36. The smallest absolute Gasteiger partial charge is 0.289 e. The molecule has 0 aliphatic rings. The Balaban J connectivity index is 2.53. The maximum Gasteiger partial charge on any atom is 0.417 e. The van der Waals surface area contributed by atoms with Crippen molar-refractivity contribution in [3.8, 4) is 0 Å². The number of aryl methyl sites for hydroxylation is 1. The van der Waals surface area contributed by atoms with Crippen LogP contribution in [-0.4, -0.2) is 13.7 Å². The first-order valence-corrected chi connectivity index (χ1v) is 7.78. The Morgan fingerprint density at radius 2 is 1.54 bits per heavy atom. The number of pyridine rings is 1. The first-order valence-electron chi connectivity index (χ1n) is 7.78. The summed E-state index contributed by atoms with van der Waals surface area (Å²) in [4.78, 5) is 37.0. The summed E-state index contributed by atoms with van der Waals surface area (Å²) in [6, 6.07) is 3.07. The molecule has 0 saturated heterocycles. The molecule has 6 nitrogen and oxygen atoms in total. The van der Waals surface area contributed by atoms with Crippen LogP contribution < -0.4 is 16.8 Å². The lowest BCUT2D eigenvalue weighted by Gasteiger charge is -2.18. The van der Waals surface area contributed by atoms with Crippen LogP contribution in [0.3, 0.4) is 0 Å². The Labute approximate surface area is 152 Å². The van der Waals surface area contributed by atoms with Crippen LogP contribution in [0.5, 0.6) is 0 Å². The van der Waals surface area contributed by atoms with Crippen molar-refractivity contribution in [2.75, 3.05) is 0 Å². The molecule has 0 aliphatic heterocycles. The average molecular weight is 401 g/mol. The molecular formula is C17H12F5N3O3. The molecule has 0 bridgehead atoms. The summed E-state index contributed by atoms with van der Waals surface area (Å²) in [5.41, 5.74) is -6.37. The van der Waals surface area contributed by atoms with Crippen LogP contribution in [0, 0.1) is 11.6 Å². The molecule has 0 fully saturated rings. The highest BCUT2D eigenvalue weighted by Crippen LogP contribution is 2.32. The Morgan fingerprint density at radius 3 is 2.07 bits per heavy atom. The molecule has 1 aromatic carbocycles. The first kappa shape index (κ1) is 19.5. The molecular weight excluding hydrogens is 389 g/mol. The lowest BCUT2D eigenvalue weighted by Crippen LogP contribution is -2.41. The van der Waals surface area contributed by atoms with Crippen LogP contribution in [0.1, 0.15) is 11.1 Å². The molecule has 0 amide bonds. The Bertz CT molecular complexity index is 1260. The second kappa shape index (κ2) is 6.43. The van der Waals surface area contributed by atoms with E-state index in [1.807, 2.05) is 0 Å². The summed E-state index contributed by atoms with van der Waals surface area (Å²) in [5, 5.41) is -0.951. The second-order valence-corrected chi connectivity index (χ2v) is 6.08. The molecule has 0 spiro atoms. The third-order valence-electron chi connectivity index (χ3n) is 4.38. The molecule has 0 atom stereocenters. The predicted molar refractivity (Wildman–Crippen MR) is 89.2 cm³/mol. The molecule has 0 N–H and O–H groups in total. The SMILES string of the molecule is Cn1c(=O)c2c(C(F)(F)F)cc(=O)n(Cc3c(F)cccc3F)c2n(C)c1=O. The van der Waals surface area contributed by atoms with Gasteiger partial charge in [0, 0.05) is 25.7 Å². The molecule has 3 rings (SSSR count). The van der Waals surface area contributed by atoms with Crippen molar-refractivity contribution in [3.05, 3.63) is 78.2 Å². The van der Waals surface area contributed by atoms with E-state index in [1.165, 1.54) is 0 Å². The van der Waals surface area contributed by atoms with Gasteiger partial charge in [-0.3, -0.25) is 23.3 Å². The van der Waals surface area contributed by atoms with Crippen molar-refractivity contribution in [2.24, 2.45) is 14.1 Å². The van der Waals surface area contributed by atoms with Crippen molar-refractivity contribution >= 4 is 11.0 Å². The third kappa shape index (κ3) is 2.92. The fourth-order valence-corrected chi connectivity index (χ4v) is 2.98. The zero-order chi connectivity index (χ0) is 21.0. The minimum absolute atomic E-state index is 0.174. The molecule has 11 heteroatoms. The van der Waals surface area contributed by atoms with Gasteiger partial charge in [0.2, 0.25) is 0 Å². The van der Waals surface area contributed by atoms with Gasteiger partial charge in [0.05, 0.1) is 17.5 Å². The maximum absolute atomic E-state index is 14.0. The zero-order valence-corrected chi connectivity index (χ0v) is 14.5. The Morgan fingerprint density at radius 1 is 0.964 bits per heavy atom. The van der Waals surface area contributed by atoms with Crippen LogP contribution in [0.15, 0.2) is 38.6 Å². The quantitative estimate of drug-likeness (QED) is 0.615. The van der Waals surface area contributed by atoms with E-state index in [-0.39, 0.29) is 6.07 Å². The molecule has 148 valence electrons. The van der Waals surface area contributed by atoms with E-state index in [1.54, 1.807) is 0 Å². The van der Waals surface area contributed by atoms with Crippen LogP contribution in [0.2, 0.25) is 0 Å². The Kier molecular flexibility index (Phi) is 4.48. The lowest BCUT2D eigenvalue weighted by molar-refractivity contribution is -0.136. The van der Waals surface area contributed by atoms with Gasteiger partial charge in [-0.1, -0.05) is 6.07 Å². The van der Waals surface area contributed by atoms with Gasteiger partial charge in [0.25, 0.3) is 11.1 Å². The van der Waals surface area contributed by atoms with Crippen LogP contribution >= 0.6 is 0 Å². The summed E-state index contributed by atoms with van der Waals surface area (Å²) in [7, 11) is 2.04. The fourth-order valence-electron chi connectivity index (χ4n) is 2.98. The minimum Gasteiger partial charge on any atom is -0.289 e. The number of nitrogens with zero attached hydrogens (tertiary/aromatic N) is 3. The molecule has 28 heavy (non-hydrogen) atoms. The van der Waals surface area contributed by atoms with Gasteiger partial charge in [-0.15, -0.1) is 0 Å². The van der Waals surface area contributed by atoms with Gasteiger partial charge < -0.3 is 0 Å². The number of rotatable bonds is 2. The van der Waals surface area contributed by atoms with E-state index in [0.717, 1.165) is 32.3 Å². The predicted octanol–water partition coefficient (Wildman–Crippen LogP) is 1.74. The minimum atomic E-state index is -5.07. The van der Waals surface area contributed by atoms with E-state index in [9.17, 15) is 36.3 Å². The highest BCUT2D eigenvalue weighted by molar-refractivity contribution is 5.79. The fraction of sp³-hybridized carbons (Fsp3) is 0.235. The molecule has 0 aliphatic carbocycles. The van der Waals surface area contributed by atoms with Crippen LogP contribution in [0.4, 0.5) is 22.0 Å². The number of fused-ring (bicyclic) bond motifs is 1. The summed E-state index contributed by atoms with van der Waals surface area (Å²) >= 11 is 0. The molecule has 2 heterocycles. The zero-order valence-electron chi connectivity index (χ0n) is 14.5. The summed E-state index contributed by atoms with van der Waals surface area (Å²) in [5.74, 6) is -2.07. The number of benzene rings is 1. The summed E-state index contributed by atoms with van der Waals surface area (Å²) < 4.78 is 69.9. The van der Waals surface area contributed by atoms with Crippen molar-refractivity contribution in [1.29, 1.82) is 0 Å². The molecule has 3 aromatic rings. The molecule has 2 aromatic heterocycles. The monoisotopic (exact) mass is 401 g/mol. The first-order chi connectivity index (χ1) is 12.9. The molecule has 0 unspecified atom stereocenters. The standard InChI is InChI=1S/C17H12F5N3O3/c1-23-14-13(15(27)24(2)16(23)28)9(17(20,21)22)6-12(26)25(14)7-8-10(18)4-3-5-11(8)19/h3-6H,7H2,1-2H3. The van der Waals surface area contributed by atoms with Gasteiger partial charge in [-0.25, -0.2) is 13.6 Å². The normalized spacial score (nSPS) is 12.0. The van der Waals surface area contributed by atoms with Crippen LogP contribution in [0.25, 0.3) is 11.0 Å². The van der Waals surface area contributed by atoms with E-state index in [0.29, 0.717) is 13.7 Å². The summed E-state index contributed by atoms with van der Waals surface area (Å²) in [6.07, 6.45) is -5.07. The number of hydrogen-bond acceptors (Lipinski definition) is 3. The van der Waals surface area contributed by atoms with Crippen molar-refractivity contribution in [1.82, 2.24) is 13.7 Å². The van der Waals surface area contributed by atoms with Crippen molar-refractivity contribution < 1.29 is 22.0 Å². The van der Waals surface area contributed by atoms with Gasteiger partial charge in [0.15, 0.2) is 0 Å². The van der Waals surface area contributed by atoms with E-state index in [2.05, 4.69) is 0 Å². The highest BCUT2D eigenvalue weighted by atomic mass is 19.4. The van der Waals surface area contributed by atoms with Gasteiger partial charge >= 0.3 is 11.9 Å². The number of alkyl halides is 3. The number of aromatic nitrogens is 3. The van der Waals surface area contributed by atoms with Gasteiger partial charge in [-0.2, -0.15) is 13.2 Å². The summed E-state index contributed by atoms with van der Waals surface area (Å²) in [6.45, 7) is -0.813. The maximum atomic E-state index is 14.0. The lowest BCUT2D eigenvalue weighted by atomic mass is 10.1. The van der Waals surface area contributed by atoms with E-state index in [4.69, 9.17) is 0 Å².